The molecule has 2 heteroatoms. The van der Waals surface area contributed by atoms with Gasteiger partial charge in [0.2, 0.25) is 0 Å². The van der Waals surface area contributed by atoms with Crippen molar-refractivity contribution in [2.45, 2.75) is 33.6 Å². The summed E-state index contributed by atoms with van der Waals surface area (Å²) in [7, 11) is 0. The maximum Gasteiger partial charge on any atom is 0.147 e. The fraction of sp³-hybridized carbons (Fsp3) is 1.00. The first-order valence-corrected chi connectivity index (χ1v) is 5.64. The van der Waals surface area contributed by atoms with Gasteiger partial charge in [-0.1, -0.05) is 13.8 Å². The second-order valence-corrected chi connectivity index (χ2v) is 4.19. The fourth-order valence-corrected chi connectivity index (χ4v) is 2.53. The van der Waals surface area contributed by atoms with E-state index in [1.807, 2.05) is 0 Å². The molecule has 0 aromatic heterocycles. The molecule has 0 aliphatic heterocycles. The highest BCUT2D eigenvalue weighted by Gasteiger charge is 2.15. The monoisotopic (exact) mass is 163 g/mol. The minimum absolute atomic E-state index is 0.275. The lowest BCUT2D eigenvalue weighted by atomic mass is 10.6. The summed E-state index contributed by atoms with van der Waals surface area (Å²) in [5.41, 5.74) is 0. The predicted molar refractivity (Wildman–Crippen MR) is 49.3 cm³/mol. The Balaban J connectivity index is 3.30. The van der Waals surface area contributed by atoms with Crippen LogP contribution in [0.4, 0.5) is 0 Å². The van der Waals surface area contributed by atoms with Crippen LogP contribution >= 0.6 is 0 Å². The van der Waals surface area contributed by atoms with Crippen molar-refractivity contribution in [3.63, 3.8) is 0 Å². The van der Waals surface area contributed by atoms with Gasteiger partial charge in [0, 0.05) is 0 Å². The minimum Gasteiger partial charge on any atom is -0.174 e. The molecule has 0 saturated heterocycles. The summed E-state index contributed by atoms with van der Waals surface area (Å²) < 4.78 is 5.55. The lowest BCUT2D eigenvalue weighted by Gasteiger charge is -2.01. The van der Waals surface area contributed by atoms with Crippen LogP contribution in [0.2, 0.25) is 0 Å². The van der Waals surface area contributed by atoms with Crippen LogP contribution in [-0.4, -0.2) is 18.1 Å². The molecule has 0 radical (unpaired) electrons. The Bertz CT molecular complexity index is 52.0. The zero-order valence-electron chi connectivity index (χ0n) is 7.35. The van der Waals surface area contributed by atoms with Gasteiger partial charge in [-0.3, -0.25) is 0 Å². The van der Waals surface area contributed by atoms with Gasteiger partial charge >= 0.3 is 0 Å². The standard InChI is InChI=1S/C8H19OS/c1-4-7-10(8-5-2)9-6-3/h4-8H2,1-3H3/q+1. The average Bonchev–Trinajstić information content (AvgIpc) is 1.90. The van der Waals surface area contributed by atoms with Crippen LogP contribution in [0.5, 0.6) is 0 Å². The first-order chi connectivity index (χ1) is 4.85. The largest absolute Gasteiger partial charge is 0.174 e. The topological polar surface area (TPSA) is 9.23 Å². The van der Waals surface area contributed by atoms with Gasteiger partial charge in [0.05, 0.1) is 0 Å². The smallest absolute Gasteiger partial charge is 0.147 e. The molecule has 0 bridgehead atoms. The third-order valence-electron chi connectivity index (χ3n) is 1.15. The number of hydrogen-bond acceptors (Lipinski definition) is 1. The lowest BCUT2D eigenvalue weighted by Crippen LogP contribution is -2.14. The van der Waals surface area contributed by atoms with Gasteiger partial charge < -0.3 is 0 Å². The quantitative estimate of drug-likeness (QED) is 0.546. The molecule has 0 unspecified atom stereocenters. The Morgan fingerprint density at radius 2 is 1.50 bits per heavy atom. The Hall–Kier alpha value is 0.310. The van der Waals surface area contributed by atoms with Crippen LogP contribution in [0.1, 0.15) is 33.6 Å². The summed E-state index contributed by atoms with van der Waals surface area (Å²) in [5, 5.41) is 0. The molecule has 10 heavy (non-hydrogen) atoms. The summed E-state index contributed by atoms with van der Waals surface area (Å²) in [5.74, 6) is 2.50. The second-order valence-electron chi connectivity index (χ2n) is 2.25. The van der Waals surface area contributed by atoms with Crippen molar-refractivity contribution >= 4 is 11.2 Å². The van der Waals surface area contributed by atoms with Crippen LogP contribution in [0.25, 0.3) is 0 Å². The molecule has 0 aliphatic carbocycles. The normalized spacial score (nSPS) is 10.8. The molecule has 0 atom stereocenters. The molecular formula is C8H19OS+. The van der Waals surface area contributed by atoms with Crippen molar-refractivity contribution < 1.29 is 4.18 Å². The van der Waals surface area contributed by atoms with Crippen LogP contribution < -0.4 is 0 Å². The van der Waals surface area contributed by atoms with Crippen molar-refractivity contribution in [3.8, 4) is 0 Å². The summed E-state index contributed by atoms with van der Waals surface area (Å²) >= 11 is 0.275. The third kappa shape index (κ3) is 5.12. The van der Waals surface area contributed by atoms with Crippen LogP contribution in [0, 0.1) is 0 Å². The van der Waals surface area contributed by atoms with E-state index in [0.29, 0.717) is 0 Å². The molecule has 0 saturated carbocycles. The third-order valence-corrected chi connectivity index (χ3v) is 3.44. The van der Waals surface area contributed by atoms with Crippen molar-refractivity contribution in [2.24, 2.45) is 0 Å². The van der Waals surface area contributed by atoms with Gasteiger partial charge in [-0.15, -0.1) is 0 Å². The van der Waals surface area contributed by atoms with Gasteiger partial charge in [-0.2, -0.15) is 4.18 Å². The molecule has 0 rings (SSSR count). The number of hydrogen-bond donors (Lipinski definition) is 0. The molecule has 0 N–H and O–H groups in total. The Morgan fingerprint density at radius 1 is 1.00 bits per heavy atom. The summed E-state index contributed by atoms with van der Waals surface area (Å²) in [6.07, 6.45) is 2.51. The molecule has 0 aromatic carbocycles. The maximum atomic E-state index is 5.55. The van der Waals surface area contributed by atoms with E-state index in [1.165, 1.54) is 24.3 Å². The van der Waals surface area contributed by atoms with Gasteiger partial charge in [0.25, 0.3) is 0 Å². The highest BCUT2D eigenvalue weighted by atomic mass is 32.2. The van der Waals surface area contributed by atoms with E-state index in [0.717, 1.165) is 6.61 Å². The van der Waals surface area contributed by atoms with Crippen molar-refractivity contribution in [1.29, 1.82) is 0 Å². The van der Waals surface area contributed by atoms with Crippen molar-refractivity contribution in [2.75, 3.05) is 18.1 Å². The van der Waals surface area contributed by atoms with Gasteiger partial charge in [0.1, 0.15) is 29.3 Å². The van der Waals surface area contributed by atoms with Crippen molar-refractivity contribution in [3.05, 3.63) is 0 Å². The molecule has 0 aliphatic rings. The molecule has 0 spiro atoms. The van der Waals surface area contributed by atoms with E-state index in [1.54, 1.807) is 0 Å². The Kier molecular flexibility index (Phi) is 7.65. The average molecular weight is 163 g/mol. The van der Waals surface area contributed by atoms with Crippen LogP contribution in [0.3, 0.4) is 0 Å². The summed E-state index contributed by atoms with van der Waals surface area (Å²) in [6, 6.07) is 0. The molecular weight excluding hydrogens is 144 g/mol. The van der Waals surface area contributed by atoms with Crippen molar-refractivity contribution in [1.82, 2.24) is 0 Å². The van der Waals surface area contributed by atoms with E-state index in [2.05, 4.69) is 20.8 Å². The zero-order valence-corrected chi connectivity index (χ0v) is 8.17. The molecule has 0 amide bonds. The highest BCUT2D eigenvalue weighted by Crippen LogP contribution is 2.02. The molecule has 0 fully saturated rings. The second kappa shape index (κ2) is 7.42. The maximum absolute atomic E-state index is 5.55. The Labute approximate surface area is 67.7 Å². The van der Waals surface area contributed by atoms with Crippen LogP contribution in [0.15, 0.2) is 0 Å². The first-order valence-electron chi connectivity index (χ1n) is 4.15. The fourth-order valence-electron chi connectivity index (χ4n) is 0.842. The summed E-state index contributed by atoms with van der Waals surface area (Å²) in [6.45, 7) is 7.39. The molecule has 62 valence electrons. The van der Waals surface area contributed by atoms with E-state index in [4.69, 9.17) is 4.18 Å². The lowest BCUT2D eigenvalue weighted by molar-refractivity contribution is 0.387. The highest BCUT2D eigenvalue weighted by molar-refractivity contribution is 7.92. The van der Waals surface area contributed by atoms with Crippen LogP contribution in [-0.2, 0) is 15.4 Å². The first kappa shape index (κ1) is 10.3. The molecule has 0 aromatic rings. The SMILES string of the molecule is CCC[S+](CCC)OCC. The van der Waals surface area contributed by atoms with Gasteiger partial charge in [-0.25, -0.2) is 0 Å². The van der Waals surface area contributed by atoms with E-state index in [9.17, 15) is 0 Å². The van der Waals surface area contributed by atoms with E-state index >= 15 is 0 Å². The predicted octanol–water partition coefficient (Wildman–Crippen LogP) is 2.38. The van der Waals surface area contributed by atoms with E-state index in [-0.39, 0.29) is 11.2 Å². The van der Waals surface area contributed by atoms with E-state index < -0.39 is 0 Å². The minimum atomic E-state index is 0.275. The Morgan fingerprint density at radius 3 is 1.80 bits per heavy atom. The molecule has 0 heterocycles. The summed E-state index contributed by atoms with van der Waals surface area (Å²) in [4.78, 5) is 0. The molecule has 1 nitrogen and oxygen atoms in total. The van der Waals surface area contributed by atoms with Gasteiger partial charge in [0.15, 0.2) is 0 Å². The van der Waals surface area contributed by atoms with Gasteiger partial charge in [-0.05, 0) is 19.8 Å². The zero-order chi connectivity index (χ0) is 7.82. The number of rotatable bonds is 6.